The molecule has 2 aromatic rings. The summed E-state index contributed by atoms with van der Waals surface area (Å²) in [6.07, 6.45) is 0.866. The van der Waals surface area contributed by atoms with Crippen molar-refractivity contribution in [3.8, 4) is 11.1 Å². The van der Waals surface area contributed by atoms with Crippen LogP contribution in [0.25, 0.3) is 11.1 Å². The van der Waals surface area contributed by atoms with Crippen molar-refractivity contribution in [3.05, 3.63) is 59.1 Å². The lowest BCUT2D eigenvalue weighted by Crippen LogP contribution is -2.38. The Morgan fingerprint density at radius 1 is 1.21 bits per heavy atom. The van der Waals surface area contributed by atoms with Gasteiger partial charge in [-0.1, -0.05) is 48.0 Å². The number of hydrogen-bond acceptors (Lipinski definition) is 2. The fourth-order valence-electron chi connectivity index (χ4n) is 3.03. The van der Waals surface area contributed by atoms with Crippen LogP contribution in [0.5, 0.6) is 0 Å². The van der Waals surface area contributed by atoms with Crippen molar-refractivity contribution >= 4 is 17.6 Å². The van der Waals surface area contributed by atoms with E-state index in [4.69, 9.17) is 11.6 Å². The lowest BCUT2D eigenvalue weighted by molar-refractivity contribution is 0.198. The molecule has 126 valence electrons. The average Bonchev–Trinajstić information content (AvgIpc) is 3.10. The molecule has 1 heterocycles. The summed E-state index contributed by atoms with van der Waals surface area (Å²) in [5, 5.41) is 12.9. The number of nitrogens with one attached hydrogen (secondary N) is 1. The van der Waals surface area contributed by atoms with Crippen molar-refractivity contribution in [2.75, 3.05) is 19.7 Å². The van der Waals surface area contributed by atoms with Gasteiger partial charge in [-0.3, -0.25) is 0 Å². The summed E-state index contributed by atoms with van der Waals surface area (Å²) in [5.74, 6) is 0.206. The molecule has 1 fully saturated rings. The lowest BCUT2D eigenvalue weighted by Gasteiger charge is -2.18. The second-order valence-corrected chi connectivity index (χ2v) is 6.54. The zero-order valence-electron chi connectivity index (χ0n) is 13.4. The number of nitrogens with zero attached hydrogens (tertiary/aromatic N) is 1. The molecular weight excluding hydrogens is 324 g/mol. The predicted molar refractivity (Wildman–Crippen MR) is 95.9 cm³/mol. The Morgan fingerprint density at radius 3 is 2.67 bits per heavy atom. The summed E-state index contributed by atoms with van der Waals surface area (Å²) in [7, 11) is 0. The van der Waals surface area contributed by atoms with Gasteiger partial charge in [0.15, 0.2) is 0 Å². The lowest BCUT2D eigenvalue weighted by atomic mass is 10.00. The Balaban J connectivity index is 1.67. The van der Waals surface area contributed by atoms with E-state index in [-0.39, 0.29) is 18.6 Å². The Bertz CT molecular complexity index is 703. The van der Waals surface area contributed by atoms with E-state index in [2.05, 4.69) is 5.32 Å². The quantitative estimate of drug-likeness (QED) is 0.891. The molecular formula is C19H21ClN2O2. The summed E-state index contributed by atoms with van der Waals surface area (Å²) in [6, 6.07) is 15.6. The third-order valence-corrected chi connectivity index (χ3v) is 4.69. The molecule has 0 radical (unpaired) electrons. The molecule has 0 saturated carbocycles. The van der Waals surface area contributed by atoms with Gasteiger partial charge in [0, 0.05) is 37.2 Å². The van der Waals surface area contributed by atoms with Gasteiger partial charge in [-0.05, 0) is 35.2 Å². The van der Waals surface area contributed by atoms with E-state index in [9.17, 15) is 9.90 Å². The highest BCUT2D eigenvalue weighted by molar-refractivity contribution is 6.30. The summed E-state index contributed by atoms with van der Waals surface area (Å²) < 4.78 is 0. The molecule has 1 saturated heterocycles. The summed E-state index contributed by atoms with van der Waals surface area (Å²) in [5.41, 5.74) is 3.22. The van der Waals surface area contributed by atoms with Crippen molar-refractivity contribution in [1.29, 1.82) is 0 Å². The number of hydrogen-bond donors (Lipinski definition) is 2. The van der Waals surface area contributed by atoms with Gasteiger partial charge in [0.05, 0.1) is 0 Å². The second kappa shape index (κ2) is 7.69. The molecule has 2 aromatic carbocycles. The predicted octanol–water partition coefficient (Wildman–Crippen LogP) is 3.53. The number of aliphatic hydroxyl groups is 1. The molecule has 4 nitrogen and oxygen atoms in total. The number of carbonyl (C=O) groups is 1. The Labute approximate surface area is 147 Å². The Kier molecular flexibility index (Phi) is 5.38. The van der Waals surface area contributed by atoms with E-state index >= 15 is 0 Å². The van der Waals surface area contributed by atoms with Crippen LogP contribution in [0.3, 0.4) is 0 Å². The molecule has 2 N–H and O–H groups in total. The number of aliphatic hydroxyl groups excluding tert-OH is 1. The van der Waals surface area contributed by atoms with Crippen molar-refractivity contribution in [3.63, 3.8) is 0 Å². The molecule has 24 heavy (non-hydrogen) atoms. The van der Waals surface area contributed by atoms with Crippen LogP contribution in [0.2, 0.25) is 5.02 Å². The number of halogens is 1. The first-order valence-electron chi connectivity index (χ1n) is 8.15. The van der Waals surface area contributed by atoms with Crippen molar-refractivity contribution in [2.24, 2.45) is 5.92 Å². The maximum absolute atomic E-state index is 12.3. The topological polar surface area (TPSA) is 52.6 Å². The Morgan fingerprint density at radius 2 is 1.96 bits per heavy atom. The van der Waals surface area contributed by atoms with Crippen LogP contribution >= 0.6 is 11.6 Å². The first-order valence-corrected chi connectivity index (χ1v) is 8.52. The van der Waals surface area contributed by atoms with Crippen LogP contribution in [-0.4, -0.2) is 35.7 Å². The number of rotatable bonds is 4. The van der Waals surface area contributed by atoms with Crippen molar-refractivity contribution in [1.82, 2.24) is 10.2 Å². The van der Waals surface area contributed by atoms with E-state index in [1.54, 1.807) is 4.90 Å². The van der Waals surface area contributed by atoms with Gasteiger partial charge in [0.1, 0.15) is 0 Å². The number of likely N-dealkylation sites (tertiary alicyclic amines) is 1. The number of benzene rings is 2. The second-order valence-electron chi connectivity index (χ2n) is 6.11. The minimum absolute atomic E-state index is 0.0724. The van der Waals surface area contributed by atoms with Gasteiger partial charge in [-0.25, -0.2) is 4.79 Å². The minimum Gasteiger partial charge on any atom is -0.396 e. The molecule has 2 amide bonds. The highest BCUT2D eigenvalue weighted by Gasteiger charge is 2.25. The third kappa shape index (κ3) is 3.89. The maximum atomic E-state index is 12.3. The SMILES string of the molecule is O=C(NCc1ccccc1-c1ccc(Cl)cc1)N1CC[C@H](CO)C1. The van der Waals surface area contributed by atoms with Crippen LogP contribution in [0.1, 0.15) is 12.0 Å². The molecule has 0 aromatic heterocycles. The van der Waals surface area contributed by atoms with E-state index in [0.717, 1.165) is 23.1 Å². The van der Waals surface area contributed by atoms with Crippen LogP contribution < -0.4 is 5.32 Å². The van der Waals surface area contributed by atoms with Crippen LogP contribution in [0, 0.1) is 5.92 Å². The molecule has 0 unspecified atom stereocenters. The van der Waals surface area contributed by atoms with Crippen LogP contribution in [0.15, 0.2) is 48.5 Å². The number of carbonyl (C=O) groups excluding carboxylic acids is 1. The molecule has 1 aliphatic heterocycles. The van der Waals surface area contributed by atoms with Crippen LogP contribution in [-0.2, 0) is 6.54 Å². The van der Waals surface area contributed by atoms with Gasteiger partial charge in [-0.2, -0.15) is 0 Å². The van der Waals surface area contributed by atoms with Gasteiger partial charge in [0.25, 0.3) is 0 Å². The summed E-state index contributed by atoms with van der Waals surface area (Å²) in [6.45, 7) is 1.94. The highest BCUT2D eigenvalue weighted by Crippen LogP contribution is 2.25. The van der Waals surface area contributed by atoms with E-state index in [1.165, 1.54) is 0 Å². The van der Waals surface area contributed by atoms with E-state index < -0.39 is 0 Å². The summed E-state index contributed by atoms with van der Waals surface area (Å²) in [4.78, 5) is 14.1. The summed E-state index contributed by atoms with van der Waals surface area (Å²) >= 11 is 5.96. The molecule has 5 heteroatoms. The average molecular weight is 345 g/mol. The van der Waals surface area contributed by atoms with Gasteiger partial charge < -0.3 is 15.3 Å². The van der Waals surface area contributed by atoms with E-state index in [1.807, 2.05) is 48.5 Å². The number of amides is 2. The smallest absolute Gasteiger partial charge is 0.317 e. The highest BCUT2D eigenvalue weighted by atomic mass is 35.5. The maximum Gasteiger partial charge on any atom is 0.317 e. The molecule has 0 aliphatic carbocycles. The van der Waals surface area contributed by atoms with E-state index in [0.29, 0.717) is 24.7 Å². The fourth-order valence-corrected chi connectivity index (χ4v) is 3.16. The molecule has 0 bridgehead atoms. The molecule has 0 spiro atoms. The normalized spacial score (nSPS) is 17.1. The van der Waals surface area contributed by atoms with Gasteiger partial charge in [0.2, 0.25) is 0 Å². The first kappa shape index (κ1) is 16.8. The Hall–Kier alpha value is -2.04. The first-order chi connectivity index (χ1) is 11.7. The molecule has 1 aliphatic rings. The monoisotopic (exact) mass is 344 g/mol. The van der Waals surface area contributed by atoms with Crippen molar-refractivity contribution < 1.29 is 9.90 Å². The van der Waals surface area contributed by atoms with Crippen molar-refractivity contribution in [2.45, 2.75) is 13.0 Å². The third-order valence-electron chi connectivity index (χ3n) is 4.43. The zero-order chi connectivity index (χ0) is 16.9. The van der Waals surface area contributed by atoms with Crippen LogP contribution in [0.4, 0.5) is 4.79 Å². The standard InChI is InChI=1S/C19H21ClN2O2/c20-17-7-5-15(6-8-17)18-4-2-1-3-16(18)11-21-19(24)22-10-9-14(12-22)13-23/h1-8,14,23H,9-13H2,(H,21,24)/t14-/m0/s1. The van der Waals surface area contributed by atoms with Gasteiger partial charge in [-0.15, -0.1) is 0 Å². The fraction of sp³-hybridized carbons (Fsp3) is 0.316. The zero-order valence-corrected chi connectivity index (χ0v) is 14.2. The molecule has 3 rings (SSSR count). The molecule has 1 atom stereocenters. The number of urea groups is 1. The van der Waals surface area contributed by atoms with Gasteiger partial charge >= 0.3 is 6.03 Å². The minimum atomic E-state index is -0.0724. The largest absolute Gasteiger partial charge is 0.396 e.